The van der Waals surface area contributed by atoms with Gasteiger partial charge in [0.15, 0.2) is 0 Å². The molecule has 0 fully saturated rings. The highest BCUT2D eigenvalue weighted by Gasteiger charge is 2.20. The van der Waals surface area contributed by atoms with E-state index in [1.54, 1.807) is 10.8 Å². The number of aliphatic carboxylic acids is 1. The molecule has 1 atom stereocenters. The highest BCUT2D eigenvalue weighted by Crippen LogP contribution is 2.35. The van der Waals surface area contributed by atoms with Gasteiger partial charge >= 0.3 is 5.97 Å². The van der Waals surface area contributed by atoms with Crippen LogP contribution in [0.2, 0.25) is 0 Å². The maximum Gasteiger partial charge on any atom is 0.327 e. The normalized spacial score (nSPS) is 13.3. The highest BCUT2D eigenvalue weighted by atomic mass is 33.1. The molecule has 15 heavy (non-hydrogen) atoms. The van der Waals surface area contributed by atoms with Crippen LogP contribution in [0.4, 0.5) is 0 Å². The van der Waals surface area contributed by atoms with Gasteiger partial charge in [-0.15, -0.1) is 0 Å². The molecule has 0 rings (SSSR count). The fourth-order valence-corrected chi connectivity index (χ4v) is 3.16. The molecular formula is C9H17NO3S2. The molecular weight excluding hydrogens is 234 g/mol. The van der Waals surface area contributed by atoms with Gasteiger partial charge in [-0.05, 0) is 0 Å². The molecule has 6 heteroatoms. The van der Waals surface area contributed by atoms with E-state index in [9.17, 15) is 9.59 Å². The Kier molecular flexibility index (Phi) is 6.12. The SMILES string of the molecule is CC(=O)N[C@@H](CSSC(C)(C)C)C(=O)O. The first-order valence-corrected chi connectivity index (χ1v) is 6.85. The van der Waals surface area contributed by atoms with E-state index in [1.807, 2.05) is 0 Å². The number of carboxylic acids is 1. The molecule has 88 valence electrons. The van der Waals surface area contributed by atoms with E-state index in [-0.39, 0.29) is 10.7 Å². The molecule has 0 spiro atoms. The van der Waals surface area contributed by atoms with Crippen LogP contribution in [0.1, 0.15) is 27.7 Å². The zero-order valence-electron chi connectivity index (χ0n) is 9.36. The molecule has 0 saturated heterocycles. The van der Waals surface area contributed by atoms with Gasteiger partial charge in [-0.3, -0.25) is 4.79 Å². The van der Waals surface area contributed by atoms with Crippen LogP contribution in [0, 0.1) is 0 Å². The summed E-state index contributed by atoms with van der Waals surface area (Å²) >= 11 is 0. The van der Waals surface area contributed by atoms with E-state index in [0.29, 0.717) is 5.75 Å². The van der Waals surface area contributed by atoms with E-state index in [0.717, 1.165) is 0 Å². The van der Waals surface area contributed by atoms with Gasteiger partial charge in [-0.1, -0.05) is 42.4 Å². The van der Waals surface area contributed by atoms with Crippen LogP contribution in [0.3, 0.4) is 0 Å². The van der Waals surface area contributed by atoms with Gasteiger partial charge in [0.2, 0.25) is 5.91 Å². The monoisotopic (exact) mass is 251 g/mol. The van der Waals surface area contributed by atoms with Crippen molar-refractivity contribution in [1.82, 2.24) is 5.32 Å². The Labute approximate surface area is 98.0 Å². The van der Waals surface area contributed by atoms with E-state index < -0.39 is 12.0 Å². The molecule has 0 radical (unpaired) electrons. The average Bonchev–Trinajstić information content (AvgIpc) is 1.99. The van der Waals surface area contributed by atoms with Crippen LogP contribution in [0.5, 0.6) is 0 Å². The Morgan fingerprint density at radius 2 is 1.93 bits per heavy atom. The molecule has 0 aliphatic heterocycles. The lowest BCUT2D eigenvalue weighted by atomic mass is 10.3. The number of carboxylic acid groups (broad SMARTS) is 1. The van der Waals surface area contributed by atoms with Crippen molar-refractivity contribution in [2.75, 3.05) is 5.75 Å². The second kappa shape index (κ2) is 6.27. The topological polar surface area (TPSA) is 66.4 Å². The van der Waals surface area contributed by atoms with Gasteiger partial charge in [0.25, 0.3) is 0 Å². The zero-order chi connectivity index (χ0) is 12.1. The van der Waals surface area contributed by atoms with Crippen molar-refractivity contribution in [1.29, 1.82) is 0 Å². The van der Waals surface area contributed by atoms with Gasteiger partial charge in [0.05, 0.1) is 0 Å². The van der Waals surface area contributed by atoms with Gasteiger partial charge in [-0.2, -0.15) is 0 Å². The summed E-state index contributed by atoms with van der Waals surface area (Å²) < 4.78 is 0.0872. The zero-order valence-corrected chi connectivity index (χ0v) is 11.0. The molecule has 2 N–H and O–H groups in total. The summed E-state index contributed by atoms with van der Waals surface area (Å²) in [5, 5.41) is 11.2. The van der Waals surface area contributed by atoms with Gasteiger partial charge in [0, 0.05) is 17.4 Å². The number of hydrogen-bond acceptors (Lipinski definition) is 4. The van der Waals surface area contributed by atoms with E-state index in [4.69, 9.17) is 5.11 Å². The Hall–Kier alpha value is -0.360. The summed E-state index contributed by atoms with van der Waals surface area (Å²) in [7, 11) is 3.07. The second-order valence-corrected chi connectivity index (χ2v) is 7.24. The smallest absolute Gasteiger partial charge is 0.327 e. The minimum absolute atomic E-state index is 0.0872. The molecule has 0 unspecified atom stereocenters. The Morgan fingerprint density at radius 1 is 1.40 bits per heavy atom. The average molecular weight is 251 g/mol. The van der Waals surface area contributed by atoms with Crippen molar-refractivity contribution in [2.45, 2.75) is 38.5 Å². The summed E-state index contributed by atoms with van der Waals surface area (Å²) in [6, 6.07) is -0.803. The second-order valence-electron chi connectivity index (χ2n) is 4.07. The van der Waals surface area contributed by atoms with Crippen molar-refractivity contribution in [3.8, 4) is 0 Å². The number of hydrogen-bond donors (Lipinski definition) is 2. The van der Waals surface area contributed by atoms with Crippen molar-refractivity contribution in [2.24, 2.45) is 0 Å². The summed E-state index contributed by atoms with van der Waals surface area (Å²) in [4.78, 5) is 21.5. The van der Waals surface area contributed by atoms with Gasteiger partial charge in [-0.25, -0.2) is 4.79 Å². The first kappa shape index (κ1) is 14.6. The van der Waals surface area contributed by atoms with Crippen LogP contribution in [0.25, 0.3) is 0 Å². The lowest BCUT2D eigenvalue weighted by Gasteiger charge is -2.18. The molecule has 0 aromatic rings. The van der Waals surface area contributed by atoms with E-state index >= 15 is 0 Å². The molecule has 0 saturated carbocycles. The maximum absolute atomic E-state index is 10.8. The van der Waals surface area contributed by atoms with Crippen LogP contribution in [-0.2, 0) is 9.59 Å². The molecule has 4 nitrogen and oxygen atoms in total. The Balaban J connectivity index is 3.98. The molecule has 1 amide bonds. The first-order chi connectivity index (χ1) is 6.72. The molecule has 0 aromatic carbocycles. The molecule has 0 aromatic heterocycles. The van der Waals surface area contributed by atoms with Crippen molar-refractivity contribution in [3.63, 3.8) is 0 Å². The van der Waals surface area contributed by atoms with Crippen LogP contribution in [-0.4, -0.2) is 33.5 Å². The summed E-state index contributed by atoms with van der Waals surface area (Å²) in [6.07, 6.45) is 0. The van der Waals surface area contributed by atoms with E-state index in [1.165, 1.54) is 17.7 Å². The van der Waals surface area contributed by atoms with Crippen molar-refractivity contribution in [3.05, 3.63) is 0 Å². The standard InChI is InChI=1S/C9H17NO3S2/c1-6(11)10-7(8(12)13)5-14-15-9(2,3)4/h7H,5H2,1-4H3,(H,10,11)(H,12,13)/t7-/m0/s1. The third-order valence-corrected chi connectivity index (χ3v) is 4.57. The third kappa shape index (κ3) is 8.62. The van der Waals surface area contributed by atoms with Crippen LogP contribution >= 0.6 is 21.6 Å². The maximum atomic E-state index is 10.8. The van der Waals surface area contributed by atoms with Crippen molar-refractivity contribution >= 4 is 33.5 Å². The lowest BCUT2D eigenvalue weighted by molar-refractivity contribution is -0.140. The summed E-state index contributed by atoms with van der Waals surface area (Å²) in [6.45, 7) is 7.48. The number of amides is 1. The predicted octanol–water partition coefficient (Wildman–Crippen LogP) is 1.76. The Bertz CT molecular complexity index is 238. The van der Waals surface area contributed by atoms with E-state index in [2.05, 4.69) is 26.1 Å². The third-order valence-electron chi connectivity index (χ3n) is 1.22. The minimum atomic E-state index is -0.993. The van der Waals surface area contributed by atoms with Crippen LogP contribution in [0.15, 0.2) is 0 Å². The molecule has 0 aliphatic rings. The fourth-order valence-electron chi connectivity index (χ4n) is 0.699. The van der Waals surface area contributed by atoms with Gasteiger partial charge in [0.1, 0.15) is 6.04 Å². The fraction of sp³-hybridized carbons (Fsp3) is 0.778. The van der Waals surface area contributed by atoms with Gasteiger partial charge < -0.3 is 10.4 Å². The predicted molar refractivity (Wildman–Crippen MR) is 65.0 cm³/mol. The highest BCUT2D eigenvalue weighted by molar-refractivity contribution is 8.77. The lowest BCUT2D eigenvalue weighted by Crippen LogP contribution is -2.41. The quantitative estimate of drug-likeness (QED) is 0.729. The molecule has 0 aliphatic carbocycles. The Morgan fingerprint density at radius 3 is 2.27 bits per heavy atom. The molecule has 0 bridgehead atoms. The number of rotatable bonds is 5. The van der Waals surface area contributed by atoms with Crippen molar-refractivity contribution < 1.29 is 14.7 Å². The first-order valence-electron chi connectivity index (χ1n) is 4.53. The minimum Gasteiger partial charge on any atom is -0.480 e. The summed E-state index contributed by atoms with van der Waals surface area (Å²) in [5.74, 6) is -0.937. The number of carbonyl (C=O) groups is 2. The molecule has 0 heterocycles. The number of carbonyl (C=O) groups excluding carboxylic acids is 1. The van der Waals surface area contributed by atoms with Crippen LogP contribution < -0.4 is 5.32 Å². The largest absolute Gasteiger partial charge is 0.480 e. The number of nitrogens with one attached hydrogen (secondary N) is 1. The summed E-state index contributed by atoms with van der Waals surface area (Å²) in [5.41, 5.74) is 0.